The van der Waals surface area contributed by atoms with Crippen LogP contribution in [0.2, 0.25) is 0 Å². The Hall–Kier alpha value is -4.98. The number of amides is 1. The van der Waals surface area contributed by atoms with E-state index >= 15 is 0 Å². The zero-order chi connectivity index (χ0) is 27.6. The lowest BCUT2D eigenvalue weighted by molar-refractivity contribution is -0.384. The van der Waals surface area contributed by atoms with E-state index in [1.165, 1.54) is 41.4 Å². The number of hydrogen-bond acceptors (Lipinski definition) is 9. The lowest BCUT2D eigenvalue weighted by Crippen LogP contribution is -2.16. The molecular weight excluding hydrogens is 506 g/mol. The molecule has 3 aromatic rings. The third-order valence-electron chi connectivity index (χ3n) is 4.41. The van der Waals surface area contributed by atoms with Crippen LogP contribution in [0.4, 0.5) is 17.1 Å². The van der Waals surface area contributed by atoms with E-state index in [4.69, 9.17) is 0 Å². The Morgan fingerprint density at radius 3 is 2.27 bits per heavy atom. The maximum absolute atomic E-state index is 12.7. The number of hydrazone groups is 1. The molecule has 0 fully saturated rings. The summed E-state index contributed by atoms with van der Waals surface area (Å²) >= 11 is 0. The van der Waals surface area contributed by atoms with Gasteiger partial charge in [-0.3, -0.25) is 25.1 Å². The highest BCUT2D eigenvalue weighted by Crippen LogP contribution is 2.29. The monoisotopic (exact) mass is 529 g/mol. The van der Waals surface area contributed by atoms with Crippen molar-refractivity contribution in [1.29, 1.82) is 0 Å². The van der Waals surface area contributed by atoms with Gasteiger partial charge in [0.05, 0.1) is 27.3 Å². The molecule has 0 unspecified atom stereocenters. The minimum absolute atomic E-state index is 0.0401. The third-order valence-corrected chi connectivity index (χ3v) is 5.78. The molecule has 0 atom stereocenters. The number of anilines is 2. The third kappa shape index (κ3) is 8.03. The van der Waals surface area contributed by atoms with Gasteiger partial charge in [0, 0.05) is 25.7 Å². The Labute approximate surface area is 211 Å². The van der Waals surface area contributed by atoms with Crippen molar-refractivity contribution in [3.63, 3.8) is 0 Å². The van der Waals surface area contributed by atoms with Gasteiger partial charge in [0.1, 0.15) is 11.4 Å². The number of carbonyl (C=O) groups excluding carboxylic acids is 1. The van der Waals surface area contributed by atoms with Gasteiger partial charge in [-0.15, -0.1) is 0 Å². The van der Waals surface area contributed by atoms with Crippen LogP contribution in [0.3, 0.4) is 0 Å². The van der Waals surface area contributed by atoms with E-state index in [1.807, 2.05) is 0 Å². The topological polar surface area (TPSA) is 192 Å². The number of hydrogen-bond donors (Lipinski definition) is 4. The van der Waals surface area contributed by atoms with Gasteiger partial charge < -0.3 is 15.1 Å². The van der Waals surface area contributed by atoms with Crippen molar-refractivity contribution in [3.8, 4) is 5.75 Å². The molecular formula is C23H23N5O8S. The summed E-state index contributed by atoms with van der Waals surface area (Å²) in [6, 6.07) is 14.7. The van der Waals surface area contributed by atoms with Crippen LogP contribution in [0.15, 0.2) is 76.7 Å². The van der Waals surface area contributed by atoms with Crippen LogP contribution in [0.25, 0.3) is 0 Å². The highest BCUT2D eigenvalue weighted by Gasteiger charge is 2.23. The van der Waals surface area contributed by atoms with Gasteiger partial charge in [-0.05, 0) is 36.4 Å². The predicted octanol–water partition coefficient (Wildman–Crippen LogP) is 2.95. The zero-order valence-electron chi connectivity index (χ0n) is 19.6. The van der Waals surface area contributed by atoms with Gasteiger partial charge in [-0.1, -0.05) is 24.3 Å². The highest BCUT2D eigenvalue weighted by molar-refractivity contribution is 7.92. The van der Waals surface area contributed by atoms with Gasteiger partial charge in [0.25, 0.3) is 15.7 Å². The molecule has 0 bridgehead atoms. The Balaban J connectivity index is 0.000000877. The Bertz CT molecular complexity index is 1420. The molecule has 37 heavy (non-hydrogen) atoms. The first-order chi connectivity index (χ1) is 17.5. The first-order valence-electron chi connectivity index (χ1n) is 10.3. The molecule has 0 aromatic heterocycles. The molecule has 0 radical (unpaired) electrons. The van der Waals surface area contributed by atoms with Crippen LogP contribution >= 0.6 is 0 Å². The lowest BCUT2D eigenvalue weighted by atomic mass is 10.2. The average molecular weight is 530 g/mol. The first kappa shape index (κ1) is 28.3. The van der Waals surface area contributed by atoms with E-state index in [-0.39, 0.29) is 22.7 Å². The molecule has 0 aliphatic carbocycles. The number of para-hydroxylation sites is 2. The Morgan fingerprint density at radius 2 is 1.68 bits per heavy atom. The number of nitrogens with one attached hydrogen (secondary N) is 2. The van der Waals surface area contributed by atoms with Crippen molar-refractivity contribution in [2.24, 2.45) is 5.10 Å². The van der Waals surface area contributed by atoms with Crippen LogP contribution in [0.1, 0.15) is 15.9 Å². The number of rotatable bonds is 9. The van der Waals surface area contributed by atoms with Gasteiger partial charge in [0.15, 0.2) is 0 Å². The second-order valence-corrected chi connectivity index (χ2v) is 9.07. The number of nitrogens with zero attached hydrogens (tertiary/aromatic N) is 3. The van der Waals surface area contributed by atoms with Crippen molar-refractivity contribution in [2.75, 3.05) is 24.2 Å². The maximum Gasteiger partial charge on any atom is 0.337 e. The van der Waals surface area contributed by atoms with Gasteiger partial charge in [-0.25, -0.2) is 13.2 Å². The summed E-state index contributed by atoms with van der Waals surface area (Å²) < 4.78 is 27.5. The summed E-state index contributed by atoms with van der Waals surface area (Å²) in [7, 11) is -0.953. The standard InChI is InChI=1S/C20H16N4O7S.C3H7NO/c25-19-8-4-1-5-13(19)12-21-22-17-10-9-14(11-18(17)24(28)29)32(30,31)23-16-7-3-2-6-15(16)20(26)27;1-4(2)3-5/h1-12,22-23,25H,(H,26,27);3H,1-2H3. The maximum atomic E-state index is 12.7. The highest BCUT2D eigenvalue weighted by atomic mass is 32.2. The minimum atomic E-state index is -4.33. The van der Waals surface area contributed by atoms with Gasteiger partial charge in [0.2, 0.25) is 6.41 Å². The van der Waals surface area contributed by atoms with E-state index in [1.54, 1.807) is 32.3 Å². The fraction of sp³-hybridized carbons (Fsp3) is 0.0870. The number of phenols is 1. The van der Waals surface area contributed by atoms with Crippen LogP contribution in [0.5, 0.6) is 5.75 Å². The Morgan fingerprint density at radius 1 is 1.05 bits per heavy atom. The van der Waals surface area contributed by atoms with Crippen LogP contribution < -0.4 is 10.1 Å². The molecule has 0 heterocycles. The zero-order valence-corrected chi connectivity index (χ0v) is 20.4. The number of sulfonamides is 1. The molecule has 0 saturated heterocycles. The van der Waals surface area contributed by atoms with Crippen LogP contribution in [-0.2, 0) is 14.8 Å². The smallest absolute Gasteiger partial charge is 0.337 e. The van der Waals surface area contributed by atoms with Crippen LogP contribution in [0, 0.1) is 10.1 Å². The van der Waals surface area contributed by atoms with E-state index in [2.05, 4.69) is 15.2 Å². The number of aromatic carboxylic acids is 1. The number of carboxylic acids is 1. The van der Waals surface area contributed by atoms with Crippen molar-refractivity contribution in [3.05, 3.63) is 88.0 Å². The molecule has 0 spiro atoms. The van der Waals surface area contributed by atoms with Gasteiger partial charge in [-0.2, -0.15) is 5.10 Å². The summed E-state index contributed by atoms with van der Waals surface area (Å²) in [5.41, 5.74) is 1.69. The van der Waals surface area contributed by atoms with Crippen LogP contribution in [-0.4, -0.2) is 61.1 Å². The molecule has 194 valence electrons. The molecule has 0 saturated carbocycles. The second-order valence-electron chi connectivity index (χ2n) is 7.39. The van der Waals surface area contributed by atoms with Crippen molar-refractivity contribution in [2.45, 2.75) is 4.90 Å². The van der Waals surface area contributed by atoms with Gasteiger partial charge >= 0.3 is 5.97 Å². The number of phenolic OH excluding ortho intramolecular Hbond substituents is 1. The van der Waals surface area contributed by atoms with E-state index in [0.29, 0.717) is 5.56 Å². The largest absolute Gasteiger partial charge is 0.507 e. The Kier molecular flexibility index (Phi) is 9.66. The van der Waals surface area contributed by atoms with E-state index < -0.39 is 31.5 Å². The normalized spacial score (nSPS) is 10.6. The van der Waals surface area contributed by atoms with Crippen molar-refractivity contribution >= 4 is 45.7 Å². The molecule has 3 aromatic carbocycles. The van der Waals surface area contributed by atoms with E-state index in [9.17, 15) is 38.3 Å². The quantitative estimate of drug-likeness (QED) is 0.140. The molecule has 0 aliphatic heterocycles. The summed E-state index contributed by atoms with van der Waals surface area (Å²) in [5, 5.41) is 34.2. The second kappa shape index (κ2) is 12.6. The number of aromatic hydroxyl groups is 1. The molecule has 1 amide bonds. The molecule has 3 rings (SSSR count). The fourth-order valence-corrected chi connectivity index (χ4v) is 3.75. The lowest BCUT2D eigenvalue weighted by Gasteiger charge is -2.11. The number of nitro groups is 1. The number of nitro benzene ring substituents is 1. The number of carboxylic acid groups (broad SMARTS) is 1. The molecule has 13 nitrogen and oxygen atoms in total. The average Bonchev–Trinajstić information content (AvgIpc) is 2.85. The van der Waals surface area contributed by atoms with Crippen molar-refractivity contribution < 1.29 is 33.1 Å². The summed E-state index contributed by atoms with van der Waals surface area (Å²) in [5.74, 6) is -1.38. The predicted molar refractivity (Wildman–Crippen MR) is 136 cm³/mol. The minimum Gasteiger partial charge on any atom is -0.507 e. The summed E-state index contributed by atoms with van der Waals surface area (Å²) in [6.07, 6.45) is 1.99. The summed E-state index contributed by atoms with van der Waals surface area (Å²) in [4.78, 5) is 32.4. The first-order valence-corrected chi connectivity index (χ1v) is 11.8. The summed E-state index contributed by atoms with van der Waals surface area (Å²) in [6.45, 7) is 0. The number of carbonyl (C=O) groups is 2. The number of benzene rings is 3. The van der Waals surface area contributed by atoms with Crippen molar-refractivity contribution in [1.82, 2.24) is 4.90 Å². The SMILES string of the molecule is CN(C)C=O.O=C(O)c1ccccc1NS(=O)(=O)c1ccc(NN=Cc2ccccc2O)c([N+](=O)[O-])c1. The fourth-order valence-electron chi connectivity index (χ4n) is 2.65. The molecule has 0 aliphatic rings. The molecule has 14 heteroatoms. The van der Waals surface area contributed by atoms with E-state index in [0.717, 1.165) is 24.6 Å². The molecule has 4 N–H and O–H groups in total.